The van der Waals surface area contributed by atoms with Gasteiger partial charge in [-0.25, -0.2) is 4.98 Å². The van der Waals surface area contributed by atoms with E-state index in [1.165, 1.54) is 0 Å². The highest BCUT2D eigenvalue weighted by Crippen LogP contribution is 1.89. The van der Waals surface area contributed by atoms with Crippen LogP contribution in [0.15, 0.2) is 12.4 Å². The maximum Gasteiger partial charge on any atom is 0.150 e. The molecule has 0 radical (unpaired) electrons. The maximum absolute atomic E-state index is 5.30. The third-order valence-electron chi connectivity index (χ3n) is 1.13. The van der Waals surface area contributed by atoms with Crippen molar-refractivity contribution in [2.45, 2.75) is 12.8 Å². The van der Waals surface area contributed by atoms with E-state index in [0.29, 0.717) is 6.54 Å². The Balaban J connectivity index is 2.43. The Kier molecular flexibility index (Phi) is 2.76. The normalized spacial score (nSPS) is 9.70. The lowest BCUT2D eigenvalue weighted by Crippen LogP contribution is -2.03. The van der Waals surface area contributed by atoms with Crippen LogP contribution in [0.25, 0.3) is 0 Å². The lowest BCUT2D eigenvalue weighted by atomic mass is 10.3. The molecule has 1 aromatic rings. The van der Waals surface area contributed by atoms with Gasteiger partial charge in [0.1, 0.15) is 0 Å². The minimum Gasteiger partial charge on any atom is -0.330 e. The predicted octanol–water partition coefficient (Wildman–Crippen LogP) is -0.237. The first-order valence-electron chi connectivity index (χ1n) is 3.26. The summed E-state index contributed by atoms with van der Waals surface area (Å²) in [5.74, 6) is 0.771. The maximum atomic E-state index is 5.30. The third-order valence-corrected chi connectivity index (χ3v) is 1.13. The van der Waals surface area contributed by atoms with Crippen LogP contribution in [-0.4, -0.2) is 21.7 Å². The van der Waals surface area contributed by atoms with Gasteiger partial charge in [-0.15, -0.1) is 5.10 Å². The summed E-state index contributed by atoms with van der Waals surface area (Å²) in [6.45, 7) is 0.679. The highest BCUT2D eigenvalue weighted by atomic mass is 15.1. The number of aromatic nitrogens is 3. The van der Waals surface area contributed by atoms with E-state index in [-0.39, 0.29) is 0 Å². The van der Waals surface area contributed by atoms with Crippen molar-refractivity contribution in [1.82, 2.24) is 15.2 Å². The molecule has 4 nitrogen and oxygen atoms in total. The van der Waals surface area contributed by atoms with Gasteiger partial charge in [0.05, 0.1) is 6.20 Å². The number of nitrogens with zero attached hydrogens (tertiary/aromatic N) is 3. The highest BCUT2D eigenvalue weighted by Gasteiger charge is 1.92. The summed E-state index contributed by atoms with van der Waals surface area (Å²) in [5.41, 5.74) is 5.30. The van der Waals surface area contributed by atoms with E-state index in [4.69, 9.17) is 5.73 Å². The molecule has 0 atom stereocenters. The highest BCUT2D eigenvalue weighted by molar-refractivity contribution is 4.81. The molecule has 0 saturated carbocycles. The Morgan fingerprint density at radius 3 is 2.90 bits per heavy atom. The summed E-state index contributed by atoms with van der Waals surface area (Å²) in [5, 5.41) is 7.48. The molecule has 0 fully saturated rings. The number of hydrogen-bond donors (Lipinski definition) is 1. The average Bonchev–Trinajstić information content (AvgIpc) is 2.03. The first-order valence-corrected chi connectivity index (χ1v) is 3.26. The molecule has 1 aromatic heterocycles. The molecule has 0 aliphatic rings. The van der Waals surface area contributed by atoms with Gasteiger partial charge in [0.2, 0.25) is 0 Å². The van der Waals surface area contributed by atoms with Crippen LogP contribution < -0.4 is 5.73 Å². The molecule has 0 aliphatic carbocycles. The Morgan fingerprint density at radius 1 is 1.40 bits per heavy atom. The van der Waals surface area contributed by atoms with Crippen molar-refractivity contribution in [1.29, 1.82) is 0 Å². The predicted molar refractivity (Wildman–Crippen MR) is 37.2 cm³/mol. The molecule has 2 N–H and O–H groups in total. The summed E-state index contributed by atoms with van der Waals surface area (Å²) < 4.78 is 0. The first-order chi connectivity index (χ1) is 4.93. The molecular weight excluding hydrogens is 128 g/mol. The number of nitrogens with two attached hydrogens (primary N) is 1. The SMILES string of the molecule is NCCCc1nccnn1. The molecule has 0 spiro atoms. The van der Waals surface area contributed by atoms with Gasteiger partial charge in [-0.05, 0) is 13.0 Å². The second-order valence-electron chi connectivity index (χ2n) is 1.95. The summed E-state index contributed by atoms with van der Waals surface area (Å²) in [6, 6.07) is 0. The van der Waals surface area contributed by atoms with Crippen LogP contribution in [0.5, 0.6) is 0 Å². The van der Waals surface area contributed by atoms with Gasteiger partial charge in [-0.2, -0.15) is 5.10 Å². The van der Waals surface area contributed by atoms with Gasteiger partial charge >= 0.3 is 0 Å². The minimum atomic E-state index is 0.679. The molecule has 0 aromatic carbocycles. The molecule has 0 unspecified atom stereocenters. The molecule has 0 amide bonds. The fourth-order valence-electron chi connectivity index (χ4n) is 0.650. The number of hydrogen-bond acceptors (Lipinski definition) is 4. The summed E-state index contributed by atoms with van der Waals surface area (Å²) >= 11 is 0. The van der Waals surface area contributed by atoms with E-state index in [0.717, 1.165) is 18.7 Å². The number of aryl methyl sites for hydroxylation is 1. The van der Waals surface area contributed by atoms with Crippen LogP contribution in [0, 0.1) is 0 Å². The van der Waals surface area contributed by atoms with E-state index < -0.39 is 0 Å². The zero-order valence-corrected chi connectivity index (χ0v) is 5.70. The van der Waals surface area contributed by atoms with Gasteiger partial charge in [0, 0.05) is 12.6 Å². The molecule has 0 bridgehead atoms. The molecule has 0 aliphatic heterocycles. The Hall–Kier alpha value is -1.03. The van der Waals surface area contributed by atoms with Crippen molar-refractivity contribution < 1.29 is 0 Å². The van der Waals surface area contributed by atoms with Crippen molar-refractivity contribution in [3.05, 3.63) is 18.2 Å². The van der Waals surface area contributed by atoms with Crippen LogP contribution in [-0.2, 0) is 6.42 Å². The van der Waals surface area contributed by atoms with Crippen LogP contribution >= 0.6 is 0 Å². The Bertz CT molecular complexity index is 174. The van der Waals surface area contributed by atoms with Crippen molar-refractivity contribution >= 4 is 0 Å². The molecule has 54 valence electrons. The van der Waals surface area contributed by atoms with Gasteiger partial charge in [-0.3, -0.25) is 0 Å². The van der Waals surface area contributed by atoms with E-state index in [1.807, 2.05) is 0 Å². The summed E-state index contributed by atoms with van der Waals surface area (Å²) in [6.07, 6.45) is 4.95. The van der Waals surface area contributed by atoms with Crippen molar-refractivity contribution in [2.75, 3.05) is 6.54 Å². The van der Waals surface area contributed by atoms with Crippen LogP contribution in [0.3, 0.4) is 0 Å². The lowest BCUT2D eigenvalue weighted by molar-refractivity contribution is 0.751. The molecule has 1 heterocycles. The quantitative estimate of drug-likeness (QED) is 0.626. The lowest BCUT2D eigenvalue weighted by Gasteiger charge is -1.93. The van der Waals surface area contributed by atoms with Gasteiger partial charge < -0.3 is 5.73 Å². The zero-order chi connectivity index (χ0) is 7.23. The van der Waals surface area contributed by atoms with Crippen LogP contribution in [0.4, 0.5) is 0 Å². The smallest absolute Gasteiger partial charge is 0.150 e. The molecule has 1 rings (SSSR count). The molecule has 4 heteroatoms. The topological polar surface area (TPSA) is 64.7 Å². The summed E-state index contributed by atoms with van der Waals surface area (Å²) in [4.78, 5) is 3.99. The minimum absolute atomic E-state index is 0.679. The molecular formula is C6H10N4. The second kappa shape index (κ2) is 3.90. The zero-order valence-electron chi connectivity index (χ0n) is 5.70. The first kappa shape index (κ1) is 7.08. The van der Waals surface area contributed by atoms with E-state index in [1.54, 1.807) is 12.4 Å². The monoisotopic (exact) mass is 138 g/mol. The van der Waals surface area contributed by atoms with E-state index in [9.17, 15) is 0 Å². The average molecular weight is 138 g/mol. The van der Waals surface area contributed by atoms with E-state index in [2.05, 4.69) is 15.2 Å². The van der Waals surface area contributed by atoms with Gasteiger partial charge in [-0.1, -0.05) is 0 Å². The van der Waals surface area contributed by atoms with Crippen molar-refractivity contribution in [2.24, 2.45) is 5.73 Å². The van der Waals surface area contributed by atoms with E-state index >= 15 is 0 Å². The van der Waals surface area contributed by atoms with Crippen LogP contribution in [0.2, 0.25) is 0 Å². The van der Waals surface area contributed by atoms with Gasteiger partial charge in [0.25, 0.3) is 0 Å². The summed E-state index contributed by atoms with van der Waals surface area (Å²) in [7, 11) is 0. The molecule has 10 heavy (non-hydrogen) atoms. The second-order valence-corrected chi connectivity index (χ2v) is 1.95. The van der Waals surface area contributed by atoms with Crippen molar-refractivity contribution in [3.63, 3.8) is 0 Å². The Labute approximate surface area is 59.5 Å². The third kappa shape index (κ3) is 2.06. The standard InChI is InChI=1S/C6H10N4/c7-3-1-2-6-8-4-5-9-10-6/h4-5H,1-3,7H2. The Morgan fingerprint density at radius 2 is 2.30 bits per heavy atom. The number of rotatable bonds is 3. The molecule has 0 saturated heterocycles. The fourth-order valence-corrected chi connectivity index (χ4v) is 0.650. The van der Waals surface area contributed by atoms with Crippen LogP contribution in [0.1, 0.15) is 12.2 Å². The van der Waals surface area contributed by atoms with Gasteiger partial charge in [0.15, 0.2) is 5.82 Å². The fraction of sp³-hybridized carbons (Fsp3) is 0.500. The largest absolute Gasteiger partial charge is 0.330 e. The van der Waals surface area contributed by atoms with Crippen molar-refractivity contribution in [3.8, 4) is 0 Å².